The number of amides is 2. The van der Waals surface area contributed by atoms with Crippen molar-refractivity contribution < 1.29 is 19.1 Å². The Morgan fingerprint density at radius 2 is 1.75 bits per heavy atom. The molecule has 2 atom stereocenters. The molecule has 8 heteroatoms. The Morgan fingerprint density at radius 3 is 2.44 bits per heavy atom. The number of hydrogen-bond donors (Lipinski definition) is 1. The molecule has 7 nitrogen and oxygen atoms in total. The van der Waals surface area contributed by atoms with Gasteiger partial charge in [0.15, 0.2) is 11.5 Å². The summed E-state index contributed by atoms with van der Waals surface area (Å²) in [5.74, 6) is 0.670. The first-order valence-corrected chi connectivity index (χ1v) is 11.3. The normalized spacial score (nSPS) is 18.9. The van der Waals surface area contributed by atoms with Gasteiger partial charge in [-0.2, -0.15) is 0 Å². The van der Waals surface area contributed by atoms with Crippen molar-refractivity contribution in [3.8, 4) is 11.5 Å². The number of halogens is 1. The van der Waals surface area contributed by atoms with Gasteiger partial charge in [-0.05, 0) is 36.2 Å². The fourth-order valence-corrected chi connectivity index (χ4v) is 4.15. The van der Waals surface area contributed by atoms with Crippen LogP contribution in [0.5, 0.6) is 11.5 Å². The highest BCUT2D eigenvalue weighted by Crippen LogP contribution is 2.31. The van der Waals surface area contributed by atoms with Gasteiger partial charge in [0.25, 0.3) is 5.91 Å². The van der Waals surface area contributed by atoms with Gasteiger partial charge < -0.3 is 24.6 Å². The van der Waals surface area contributed by atoms with Crippen molar-refractivity contribution in [2.45, 2.75) is 26.0 Å². The summed E-state index contributed by atoms with van der Waals surface area (Å²) in [7, 11) is 0. The number of carbonyl (C=O) groups excluding carboxylic acids is 2. The van der Waals surface area contributed by atoms with Crippen molar-refractivity contribution in [1.82, 2.24) is 10.2 Å². The largest absolute Gasteiger partial charge is 0.485 e. The van der Waals surface area contributed by atoms with Crippen LogP contribution in [0, 0.1) is 5.92 Å². The van der Waals surface area contributed by atoms with Crippen LogP contribution >= 0.6 is 11.6 Å². The summed E-state index contributed by atoms with van der Waals surface area (Å²) in [6, 6.07) is 14.3. The topological polar surface area (TPSA) is 71.1 Å². The lowest BCUT2D eigenvalue weighted by atomic mass is 10.0. The zero-order chi connectivity index (χ0) is 22.7. The maximum Gasteiger partial charge on any atom is 0.265 e. The molecule has 2 aromatic carbocycles. The molecule has 2 amide bonds. The van der Waals surface area contributed by atoms with Gasteiger partial charge in [-0.25, -0.2) is 0 Å². The van der Waals surface area contributed by atoms with Gasteiger partial charge in [-0.3, -0.25) is 9.59 Å². The van der Waals surface area contributed by atoms with Crippen molar-refractivity contribution >= 4 is 29.1 Å². The number of nitrogens with zero attached hydrogens (tertiary/aromatic N) is 2. The lowest BCUT2D eigenvalue weighted by Gasteiger charge is -2.38. The Hall–Kier alpha value is -2.93. The van der Waals surface area contributed by atoms with Crippen LogP contribution in [0.1, 0.15) is 13.8 Å². The number of anilines is 1. The van der Waals surface area contributed by atoms with Crippen LogP contribution in [-0.4, -0.2) is 61.6 Å². The molecule has 1 unspecified atom stereocenters. The third-order valence-electron chi connectivity index (χ3n) is 5.80. The summed E-state index contributed by atoms with van der Waals surface area (Å²) >= 11 is 6.11. The number of rotatable bonds is 5. The molecule has 0 bridgehead atoms. The zero-order valence-electron chi connectivity index (χ0n) is 18.3. The number of nitrogens with one attached hydrogen (secondary N) is 1. The van der Waals surface area contributed by atoms with Crippen molar-refractivity contribution in [2.24, 2.45) is 5.92 Å². The van der Waals surface area contributed by atoms with Crippen LogP contribution in [0.4, 0.5) is 5.69 Å². The van der Waals surface area contributed by atoms with Crippen LogP contribution in [-0.2, 0) is 9.59 Å². The Morgan fingerprint density at radius 1 is 1.03 bits per heavy atom. The molecule has 170 valence electrons. The van der Waals surface area contributed by atoms with E-state index in [2.05, 4.69) is 10.2 Å². The molecule has 0 radical (unpaired) electrons. The number of fused-ring (bicyclic) bond motifs is 1. The van der Waals surface area contributed by atoms with Gasteiger partial charge in [0.2, 0.25) is 12.0 Å². The van der Waals surface area contributed by atoms with Crippen molar-refractivity contribution in [3.05, 3.63) is 53.6 Å². The van der Waals surface area contributed by atoms with E-state index in [1.54, 1.807) is 12.1 Å². The minimum absolute atomic E-state index is 0.0609. The number of carbonyl (C=O) groups is 2. The second-order valence-electron chi connectivity index (χ2n) is 8.39. The maximum atomic E-state index is 13.3. The van der Waals surface area contributed by atoms with Crippen molar-refractivity contribution in [3.63, 3.8) is 0 Å². The van der Waals surface area contributed by atoms with Crippen LogP contribution in [0.3, 0.4) is 0 Å². The second kappa shape index (κ2) is 9.69. The molecule has 4 rings (SSSR count). The molecule has 1 fully saturated rings. The first-order valence-electron chi connectivity index (χ1n) is 10.9. The Balaban J connectivity index is 1.36. The first-order chi connectivity index (χ1) is 15.4. The number of benzene rings is 2. The number of piperazine rings is 1. The van der Waals surface area contributed by atoms with Crippen molar-refractivity contribution in [1.29, 1.82) is 0 Å². The van der Waals surface area contributed by atoms with Gasteiger partial charge in [-0.1, -0.05) is 43.6 Å². The Kier molecular flexibility index (Phi) is 6.74. The average molecular weight is 458 g/mol. The molecule has 2 heterocycles. The predicted molar refractivity (Wildman–Crippen MR) is 123 cm³/mol. The molecule has 1 saturated heterocycles. The van der Waals surface area contributed by atoms with Gasteiger partial charge in [0.1, 0.15) is 12.6 Å². The maximum absolute atomic E-state index is 13.3. The highest BCUT2D eigenvalue weighted by Gasteiger charge is 2.34. The minimum Gasteiger partial charge on any atom is -0.485 e. The van der Waals surface area contributed by atoms with E-state index in [0.717, 1.165) is 5.69 Å². The molecular formula is C24H28ClN3O4. The van der Waals surface area contributed by atoms with Gasteiger partial charge in [0.05, 0.1) is 0 Å². The van der Waals surface area contributed by atoms with Gasteiger partial charge >= 0.3 is 0 Å². The molecule has 0 aliphatic carbocycles. The number of para-hydroxylation sites is 2. The molecular weight excluding hydrogens is 430 g/mol. The average Bonchev–Trinajstić information content (AvgIpc) is 2.81. The molecule has 32 heavy (non-hydrogen) atoms. The number of ether oxygens (including phenoxy) is 2. The monoisotopic (exact) mass is 457 g/mol. The summed E-state index contributed by atoms with van der Waals surface area (Å²) < 4.78 is 11.4. The molecule has 2 aromatic rings. The van der Waals surface area contributed by atoms with E-state index in [4.69, 9.17) is 21.1 Å². The lowest BCUT2D eigenvalue weighted by molar-refractivity contribution is -0.140. The quantitative estimate of drug-likeness (QED) is 0.747. The highest BCUT2D eigenvalue weighted by atomic mass is 35.5. The summed E-state index contributed by atoms with van der Waals surface area (Å²) in [5.41, 5.74) is 1.05. The molecule has 0 spiro atoms. The summed E-state index contributed by atoms with van der Waals surface area (Å²) in [4.78, 5) is 30.2. The van der Waals surface area contributed by atoms with E-state index < -0.39 is 12.1 Å². The highest BCUT2D eigenvalue weighted by molar-refractivity contribution is 6.30. The second-order valence-corrected chi connectivity index (χ2v) is 8.82. The molecule has 0 saturated carbocycles. The third-order valence-corrected chi connectivity index (χ3v) is 6.03. The summed E-state index contributed by atoms with van der Waals surface area (Å²) in [5, 5.41) is 3.59. The Bertz CT molecular complexity index is 975. The smallest absolute Gasteiger partial charge is 0.265 e. The van der Waals surface area contributed by atoms with E-state index in [0.29, 0.717) is 42.7 Å². The van der Waals surface area contributed by atoms with Crippen LogP contribution in [0.2, 0.25) is 5.02 Å². The van der Waals surface area contributed by atoms with Gasteiger partial charge in [0, 0.05) is 36.9 Å². The van der Waals surface area contributed by atoms with E-state index in [1.165, 1.54) is 0 Å². The summed E-state index contributed by atoms with van der Waals surface area (Å²) in [6.45, 7) is 6.56. The van der Waals surface area contributed by atoms with Gasteiger partial charge in [-0.15, -0.1) is 0 Å². The number of hydrogen-bond acceptors (Lipinski definition) is 5. The van der Waals surface area contributed by atoms with Crippen molar-refractivity contribution in [2.75, 3.05) is 37.7 Å². The van der Waals surface area contributed by atoms with Crippen LogP contribution in [0.15, 0.2) is 48.5 Å². The zero-order valence-corrected chi connectivity index (χ0v) is 19.0. The standard InChI is InChI=1S/C24H28ClN3O4/c1-16(2)22(26-23(29)21-15-31-19-8-3-4-9-20(19)32-21)24(30)28-12-10-27(11-13-28)18-7-5-6-17(25)14-18/h3-9,14,16,21-22H,10-13,15H2,1-2H3,(H,26,29)/t21?,22-/m1/s1. The predicted octanol–water partition coefficient (Wildman–Crippen LogP) is 2.97. The van der Waals surface area contributed by atoms with E-state index in [1.807, 2.05) is 55.1 Å². The lowest BCUT2D eigenvalue weighted by Crippen LogP contribution is -2.58. The first kappa shape index (κ1) is 22.3. The fraction of sp³-hybridized carbons (Fsp3) is 0.417. The van der Waals surface area contributed by atoms with Crippen LogP contribution < -0.4 is 19.7 Å². The third kappa shape index (κ3) is 4.93. The Labute approximate surface area is 193 Å². The molecule has 2 aliphatic rings. The molecule has 2 aliphatic heterocycles. The fourth-order valence-electron chi connectivity index (χ4n) is 3.96. The molecule has 1 N–H and O–H groups in total. The van der Waals surface area contributed by atoms with E-state index in [9.17, 15) is 9.59 Å². The van der Waals surface area contributed by atoms with E-state index >= 15 is 0 Å². The minimum atomic E-state index is -0.793. The van der Waals surface area contributed by atoms with Crippen LogP contribution in [0.25, 0.3) is 0 Å². The SMILES string of the molecule is CC(C)[C@@H](NC(=O)C1COc2ccccc2O1)C(=O)N1CCN(c2cccc(Cl)c2)CC1. The van der Waals surface area contributed by atoms with E-state index in [-0.39, 0.29) is 24.3 Å². The summed E-state index contributed by atoms with van der Waals surface area (Å²) in [6.07, 6.45) is -0.793. The molecule has 0 aromatic heterocycles.